The van der Waals surface area contributed by atoms with Gasteiger partial charge in [0.15, 0.2) is 0 Å². The Morgan fingerprint density at radius 2 is 1.96 bits per heavy atom. The minimum Gasteiger partial charge on any atom is -0.495 e. The summed E-state index contributed by atoms with van der Waals surface area (Å²) in [6.07, 6.45) is 0.377. The molecule has 1 atom stereocenters. The second-order valence-corrected chi connectivity index (χ2v) is 9.70. The van der Waals surface area contributed by atoms with Crippen molar-refractivity contribution in [1.29, 1.82) is 0 Å². The topological polar surface area (TPSA) is 66.9 Å². The molecular formula is C18H28N2O4S. The molecule has 0 aromatic heterocycles. The lowest BCUT2D eigenvalue weighted by Gasteiger charge is -2.32. The Kier molecular flexibility index (Phi) is 5.49. The smallest absolute Gasteiger partial charge is 0.246 e. The molecule has 0 spiro atoms. The van der Waals surface area contributed by atoms with Crippen molar-refractivity contribution >= 4 is 15.9 Å². The molecule has 2 rings (SSSR count). The largest absolute Gasteiger partial charge is 0.495 e. The highest BCUT2D eigenvalue weighted by atomic mass is 32.2. The number of hydrogen-bond donors (Lipinski definition) is 0. The van der Waals surface area contributed by atoms with Gasteiger partial charge in [-0.15, -0.1) is 0 Å². The van der Waals surface area contributed by atoms with Gasteiger partial charge in [0, 0.05) is 32.1 Å². The monoisotopic (exact) mass is 368 g/mol. The number of likely N-dealkylation sites (tertiary alicyclic amines) is 1. The first-order chi connectivity index (χ1) is 11.5. The summed E-state index contributed by atoms with van der Waals surface area (Å²) in [4.78, 5) is 14.2. The minimum absolute atomic E-state index is 0.0112. The number of carbonyl (C=O) groups excluding carboxylic acids is 1. The Morgan fingerprint density at radius 3 is 2.48 bits per heavy atom. The number of carbonyl (C=O) groups is 1. The maximum atomic E-state index is 12.9. The van der Waals surface area contributed by atoms with Crippen LogP contribution in [-0.4, -0.2) is 56.3 Å². The van der Waals surface area contributed by atoms with Crippen molar-refractivity contribution in [3.8, 4) is 5.75 Å². The van der Waals surface area contributed by atoms with Crippen LogP contribution in [0.1, 0.15) is 32.8 Å². The first-order valence-corrected chi connectivity index (χ1v) is 9.82. The predicted octanol–water partition coefficient (Wildman–Crippen LogP) is 2.27. The highest BCUT2D eigenvalue weighted by Crippen LogP contribution is 2.30. The number of methoxy groups -OCH3 is 1. The van der Waals surface area contributed by atoms with E-state index in [4.69, 9.17) is 4.74 Å². The number of nitrogens with zero attached hydrogens (tertiary/aromatic N) is 2. The second kappa shape index (κ2) is 6.96. The van der Waals surface area contributed by atoms with E-state index >= 15 is 0 Å². The van der Waals surface area contributed by atoms with Crippen LogP contribution in [0.3, 0.4) is 0 Å². The molecule has 140 valence electrons. The molecule has 1 saturated heterocycles. The number of aryl methyl sites for hydroxylation is 1. The molecule has 1 aliphatic heterocycles. The van der Waals surface area contributed by atoms with Crippen molar-refractivity contribution < 1.29 is 17.9 Å². The molecule has 0 N–H and O–H groups in total. The van der Waals surface area contributed by atoms with E-state index in [0.717, 1.165) is 5.56 Å². The molecule has 1 heterocycles. The number of sulfonamides is 1. The fourth-order valence-electron chi connectivity index (χ4n) is 3.17. The van der Waals surface area contributed by atoms with Gasteiger partial charge in [-0.3, -0.25) is 4.79 Å². The molecular weight excluding hydrogens is 340 g/mol. The normalized spacial score (nSPS) is 18.9. The number of ether oxygens (including phenoxy) is 1. The fraction of sp³-hybridized carbons (Fsp3) is 0.611. The number of rotatable bonds is 5. The van der Waals surface area contributed by atoms with Crippen LogP contribution in [0, 0.1) is 12.8 Å². The standard InChI is InChI=1S/C18H28N2O4S/c1-13-7-8-16(15(9-13)24-6)25(22,23)19(5)11-14-10-17(21)20(12-14)18(2,3)4/h7-9,14H,10-12H2,1-6H3. The number of hydrogen-bond acceptors (Lipinski definition) is 4. The lowest BCUT2D eigenvalue weighted by molar-refractivity contribution is -0.131. The highest BCUT2D eigenvalue weighted by Gasteiger charge is 2.38. The third kappa shape index (κ3) is 4.15. The number of benzene rings is 1. The van der Waals surface area contributed by atoms with Crippen molar-refractivity contribution in [3.63, 3.8) is 0 Å². The first-order valence-electron chi connectivity index (χ1n) is 8.38. The van der Waals surface area contributed by atoms with E-state index < -0.39 is 10.0 Å². The van der Waals surface area contributed by atoms with E-state index in [1.54, 1.807) is 25.2 Å². The summed E-state index contributed by atoms with van der Waals surface area (Å²) in [6, 6.07) is 5.03. The molecule has 0 bridgehead atoms. The van der Waals surface area contributed by atoms with Crippen LogP contribution in [0.5, 0.6) is 5.75 Å². The SMILES string of the molecule is COc1cc(C)ccc1S(=O)(=O)N(C)CC1CC(=O)N(C(C)(C)C)C1. The number of amides is 1. The highest BCUT2D eigenvalue weighted by molar-refractivity contribution is 7.89. The molecule has 1 aromatic rings. The summed E-state index contributed by atoms with van der Waals surface area (Å²) in [5, 5.41) is 0. The van der Waals surface area contributed by atoms with E-state index in [2.05, 4.69) is 0 Å². The summed E-state index contributed by atoms with van der Waals surface area (Å²) in [7, 11) is -0.661. The lowest BCUT2D eigenvalue weighted by Crippen LogP contribution is -2.43. The third-order valence-corrected chi connectivity index (χ3v) is 6.40. The molecule has 1 aromatic carbocycles. The minimum atomic E-state index is -3.68. The average Bonchev–Trinajstić information content (AvgIpc) is 2.87. The molecule has 0 radical (unpaired) electrons. The maximum Gasteiger partial charge on any atom is 0.246 e. The summed E-state index contributed by atoms with van der Waals surface area (Å²) in [5.41, 5.74) is 0.685. The van der Waals surface area contributed by atoms with Crippen LogP contribution in [0.25, 0.3) is 0 Å². The molecule has 7 heteroatoms. The Labute approximate surface area is 150 Å². The summed E-state index contributed by atoms with van der Waals surface area (Å²) in [6.45, 7) is 8.74. The summed E-state index contributed by atoms with van der Waals surface area (Å²) < 4.78 is 32.4. The average molecular weight is 368 g/mol. The molecule has 6 nitrogen and oxygen atoms in total. The third-order valence-electron chi connectivity index (χ3n) is 4.54. The van der Waals surface area contributed by atoms with Gasteiger partial charge in [-0.2, -0.15) is 0 Å². The Hall–Kier alpha value is -1.60. The Balaban J connectivity index is 2.18. The zero-order valence-electron chi connectivity index (χ0n) is 15.9. The van der Waals surface area contributed by atoms with Crippen molar-refractivity contribution in [1.82, 2.24) is 9.21 Å². The van der Waals surface area contributed by atoms with Crippen molar-refractivity contribution in [2.24, 2.45) is 5.92 Å². The molecule has 1 amide bonds. The molecule has 1 unspecified atom stereocenters. The molecule has 0 aliphatic carbocycles. The van der Waals surface area contributed by atoms with Gasteiger partial charge in [-0.1, -0.05) is 6.07 Å². The lowest BCUT2D eigenvalue weighted by atomic mass is 10.1. The van der Waals surface area contributed by atoms with E-state index in [9.17, 15) is 13.2 Å². The Morgan fingerprint density at radius 1 is 1.32 bits per heavy atom. The van der Waals surface area contributed by atoms with E-state index in [-0.39, 0.29) is 22.3 Å². The van der Waals surface area contributed by atoms with Gasteiger partial charge in [0.2, 0.25) is 15.9 Å². The van der Waals surface area contributed by atoms with Crippen LogP contribution in [-0.2, 0) is 14.8 Å². The van der Waals surface area contributed by atoms with Crippen LogP contribution in [0.2, 0.25) is 0 Å². The second-order valence-electron chi connectivity index (χ2n) is 7.69. The van der Waals surface area contributed by atoms with Gasteiger partial charge in [0.25, 0.3) is 0 Å². The Bertz CT molecular complexity index is 753. The predicted molar refractivity (Wildman–Crippen MR) is 97.1 cm³/mol. The van der Waals surface area contributed by atoms with Crippen molar-refractivity contribution in [2.45, 2.75) is 44.6 Å². The fourth-order valence-corrected chi connectivity index (χ4v) is 4.55. The van der Waals surface area contributed by atoms with Crippen LogP contribution in [0.4, 0.5) is 0 Å². The van der Waals surface area contributed by atoms with Gasteiger partial charge in [-0.25, -0.2) is 12.7 Å². The van der Waals surface area contributed by atoms with Gasteiger partial charge in [-0.05, 0) is 51.3 Å². The van der Waals surface area contributed by atoms with Gasteiger partial charge in [0.05, 0.1) is 7.11 Å². The van der Waals surface area contributed by atoms with Crippen molar-refractivity contribution in [2.75, 3.05) is 27.2 Å². The van der Waals surface area contributed by atoms with Crippen molar-refractivity contribution in [3.05, 3.63) is 23.8 Å². The summed E-state index contributed by atoms with van der Waals surface area (Å²) >= 11 is 0. The van der Waals surface area contributed by atoms with Gasteiger partial charge in [0.1, 0.15) is 10.6 Å². The summed E-state index contributed by atoms with van der Waals surface area (Å²) in [5.74, 6) is 0.407. The van der Waals surface area contributed by atoms with Crippen LogP contribution < -0.4 is 4.74 Å². The molecule has 1 fully saturated rings. The molecule has 0 saturated carbocycles. The zero-order valence-corrected chi connectivity index (χ0v) is 16.7. The quantitative estimate of drug-likeness (QED) is 0.800. The van der Waals surface area contributed by atoms with Crippen LogP contribution in [0.15, 0.2) is 23.1 Å². The van der Waals surface area contributed by atoms with E-state index in [1.165, 1.54) is 11.4 Å². The van der Waals surface area contributed by atoms with Gasteiger partial charge >= 0.3 is 0 Å². The van der Waals surface area contributed by atoms with Gasteiger partial charge < -0.3 is 9.64 Å². The zero-order chi connectivity index (χ0) is 19.0. The van der Waals surface area contributed by atoms with Crippen LogP contribution >= 0.6 is 0 Å². The molecule has 1 aliphatic rings. The maximum absolute atomic E-state index is 12.9. The molecule has 25 heavy (non-hydrogen) atoms. The van der Waals surface area contributed by atoms with E-state index in [1.807, 2.05) is 32.6 Å². The first kappa shape index (κ1) is 19.7. The van der Waals surface area contributed by atoms with E-state index in [0.29, 0.717) is 25.3 Å².